The molecule has 3 fully saturated rings. The maximum atomic E-state index is 13.4. The van der Waals surface area contributed by atoms with Gasteiger partial charge in [-0.25, -0.2) is 4.79 Å². The van der Waals surface area contributed by atoms with Gasteiger partial charge in [0.05, 0.1) is 16.8 Å². The van der Waals surface area contributed by atoms with Crippen molar-refractivity contribution in [3.05, 3.63) is 29.3 Å². The molecule has 3 N–H and O–H groups in total. The highest BCUT2D eigenvalue weighted by Gasteiger charge is 2.46. The molecule has 1 unspecified atom stereocenters. The number of nitrogens with one attached hydrogen (secondary N) is 1. The van der Waals surface area contributed by atoms with E-state index in [4.69, 9.17) is 5.73 Å². The smallest absolute Gasteiger partial charge is 0.320 e. The second-order valence-electron chi connectivity index (χ2n) is 9.52. The maximum absolute atomic E-state index is 13.4. The van der Waals surface area contributed by atoms with Gasteiger partial charge in [0.25, 0.3) is 11.8 Å². The van der Waals surface area contributed by atoms with Crippen LogP contribution in [-0.2, 0) is 9.59 Å². The van der Waals surface area contributed by atoms with Crippen molar-refractivity contribution in [2.45, 2.75) is 18.9 Å². The van der Waals surface area contributed by atoms with E-state index in [1.54, 1.807) is 18.2 Å². The van der Waals surface area contributed by atoms with E-state index < -0.39 is 29.7 Å². The van der Waals surface area contributed by atoms with E-state index in [2.05, 4.69) is 10.2 Å². The third kappa shape index (κ3) is 4.30. The van der Waals surface area contributed by atoms with Gasteiger partial charge in [0.1, 0.15) is 6.04 Å². The predicted molar refractivity (Wildman–Crippen MR) is 129 cm³/mol. The van der Waals surface area contributed by atoms with E-state index in [1.165, 1.54) is 0 Å². The number of amides is 6. The molecule has 192 valence electrons. The van der Waals surface area contributed by atoms with Gasteiger partial charge in [-0.1, -0.05) is 6.07 Å². The number of nitrogens with two attached hydrogens (primary N) is 1. The first kappa shape index (κ1) is 24.2. The Bertz CT molecular complexity index is 1090. The van der Waals surface area contributed by atoms with Gasteiger partial charge < -0.3 is 20.4 Å². The monoisotopic (exact) mass is 497 g/mol. The summed E-state index contributed by atoms with van der Waals surface area (Å²) in [5, 5.41) is 2.22. The SMILES string of the molecule is NCCN1CCN(C(=O)N2CCN(c3cccc4c3C(=O)N(C3CCC(=O)NC3=O)C4=O)CC2)CC1. The molecule has 4 heterocycles. The van der Waals surface area contributed by atoms with Gasteiger partial charge in [-0.2, -0.15) is 0 Å². The normalized spacial score (nSPS) is 23.3. The van der Waals surface area contributed by atoms with Crippen LogP contribution in [0, 0.1) is 0 Å². The van der Waals surface area contributed by atoms with Crippen LogP contribution < -0.4 is 16.0 Å². The predicted octanol–water partition coefficient (Wildman–Crippen LogP) is -1.09. The number of carbonyl (C=O) groups is 5. The Hall–Kier alpha value is -3.51. The van der Waals surface area contributed by atoms with E-state index in [-0.39, 0.29) is 30.0 Å². The lowest BCUT2D eigenvalue weighted by atomic mass is 10.0. The lowest BCUT2D eigenvalue weighted by Gasteiger charge is -2.41. The van der Waals surface area contributed by atoms with Gasteiger partial charge >= 0.3 is 6.03 Å². The molecule has 12 heteroatoms. The summed E-state index contributed by atoms with van der Waals surface area (Å²) in [6, 6.07) is 4.14. The molecule has 3 saturated heterocycles. The van der Waals surface area contributed by atoms with Gasteiger partial charge in [0, 0.05) is 71.9 Å². The molecule has 0 bridgehead atoms. The molecule has 4 aliphatic heterocycles. The zero-order chi connectivity index (χ0) is 25.4. The molecule has 1 aromatic rings. The molecule has 5 rings (SSSR count). The molecule has 36 heavy (non-hydrogen) atoms. The van der Waals surface area contributed by atoms with E-state index in [1.807, 2.05) is 14.7 Å². The van der Waals surface area contributed by atoms with Gasteiger partial charge in [0.15, 0.2) is 0 Å². The maximum Gasteiger partial charge on any atom is 0.320 e. The summed E-state index contributed by atoms with van der Waals surface area (Å²) in [6.45, 7) is 6.50. The molecular weight excluding hydrogens is 466 g/mol. The molecule has 0 saturated carbocycles. The number of carbonyl (C=O) groups excluding carboxylic acids is 5. The first-order valence-electron chi connectivity index (χ1n) is 12.4. The van der Waals surface area contributed by atoms with Crippen molar-refractivity contribution in [1.82, 2.24) is 24.9 Å². The van der Waals surface area contributed by atoms with Gasteiger partial charge in [-0.3, -0.25) is 34.3 Å². The van der Waals surface area contributed by atoms with Crippen LogP contribution in [0.15, 0.2) is 18.2 Å². The Morgan fingerprint density at radius 1 is 0.917 bits per heavy atom. The minimum Gasteiger partial charge on any atom is -0.367 e. The molecule has 1 aromatic carbocycles. The summed E-state index contributed by atoms with van der Waals surface area (Å²) in [5.41, 5.74) is 6.80. The van der Waals surface area contributed by atoms with Crippen molar-refractivity contribution in [1.29, 1.82) is 0 Å². The minimum absolute atomic E-state index is 0.0237. The second-order valence-corrected chi connectivity index (χ2v) is 9.52. The number of piperazine rings is 2. The number of hydrogen-bond donors (Lipinski definition) is 2. The highest BCUT2D eigenvalue weighted by molar-refractivity contribution is 6.25. The van der Waals surface area contributed by atoms with E-state index in [9.17, 15) is 24.0 Å². The Balaban J connectivity index is 1.25. The number of imide groups is 2. The topological polar surface area (TPSA) is 140 Å². The number of piperidine rings is 1. The van der Waals surface area contributed by atoms with Crippen molar-refractivity contribution in [2.24, 2.45) is 5.73 Å². The van der Waals surface area contributed by atoms with Crippen LogP contribution in [-0.4, -0.2) is 121 Å². The van der Waals surface area contributed by atoms with Crippen LogP contribution in [0.2, 0.25) is 0 Å². The quantitative estimate of drug-likeness (QED) is 0.500. The van der Waals surface area contributed by atoms with Gasteiger partial charge in [-0.15, -0.1) is 0 Å². The molecule has 1 atom stereocenters. The fourth-order valence-electron chi connectivity index (χ4n) is 5.44. The van der Waals surface area contributed by atoms with Crippen molar-refractivity contribution < 1.29 is 24.0 Å². The largest absolute Gasteiger partial charge is 0.367 e. The molecule has 12 nitrogen and oxygen atoms in total. The first-order valence-corrected chi connectivity index (χ1v) is 12.4. The summed E-state index contributed by atoms with van der Waals surface area (Å²) in [5.74, 6) is -2.07. The average molecular weight is 498 g/mol. The summed E-state index contributed by atoms with van der Waals surface area (Å²) in [7, 11) is 0. The molecule has 0 aliphatic carbocycles. The minimum atomic E-state index is -0.997. The van der Waals surface area contributed by atoms with Crippen molar-refractivity contribution >= 4 is 35.3 Å². The summed E-state index contributed by atoms with van der Waals surface area (Å²) < 4.78 is 0. The second kappa shape index (κ2) is 9.86. The lowest BCUT2D eigenvalue weighted by molar-refractivity contribution is -0.136. The number of nitrogens with zero attached hydrogens (tertiary/aromatic N) is 5. The Morgan fingerprint density at radius 3 is 2.22 bits per heavy atom. The van der Waals surface area contributed by atoms with Crippen molar-refractivity contribution in [3.63, 3.8) is 0 Å². The summed E-state index contributed by atoms with van der Waals surface area (Å²) in [6.07, 6.45) is 0.196. The summed E-state index contributed by atoms with van der Waals surface area (Å²) >= 11 is 0. The molecule has 0 spiro atoms. The van der Waals surface area contributed by atoms with E-state index >= 15 is 0 Å². The van der Waals surface area contributed by atoms with Crippen LogP contribution in [0.3, 0.4) is 0 Å². The van der Waals surface area contributed by atoms with Crippen molar-refractivity contribution in [3.8, 4) is 0 Å². The average Bonchev–Trinajstić information content (AvgIpc) is 3.14. The molecule has 0 aromatic heterocycles. The number of anilines is 1. The fourth-order valence-corrected chi connectivity index (χ4v) is 5.44. The highest BCUT2D eigenvalue weighted by atomic mass is 16.2. The van der Waals surface area contributed by atoms with Crippen LogP contribution in [0.5, 0.6) is 0 Å². The third-order valence-electron chi connectivity index (χ3n) is 7.43. The van der Waals surface area contributed by atoms with Crippen LogP contribution in [0.1, 0.15) is 33.6 Å². The van der Waals surface area contributed by atoms with E-state index in [0.717, 1.165) is 24.5 Å². The first-order chi connectivity index (χ1) is 17.4. The number of fused-ring (bicyclic) bond motifs is 1. The standard InChI is InChI=1S/C24H31N7O5/c25-6-7-27-8-10-29(11-9-27)24(36)30-14-12-28(13-15-30)17-3-1-2-16-20(17)23(35)31(22(16)34)18-4-5-19(32)26-21(18)33/h1-3,18H,4-15,25H2,(H,26,32,33). The number of urea groups is 1. The Kier molecular flexibility index (Phi) is 6.63. The molecule has 6 amide bonds. The lowest BCUT2D eigenvalue weighted by Crippen LogP contribution is -2.57. The molecule has 4 aliphatic rings. The third-order valence-corrected chi connectivity index (χ3v) is 7.43. The highest BCUT2D eigenvalue weighted by Crippen LogP contribution is 2.34. The van der Waals surface area contributed by atoms with Crippen LogP contribution in [0.4, 0.5) is 10.5 Å². The van der Waals surface area contributed by atoms with Gasteiger partial charge in [-0.05, 0) is 18.6 Å². The van der Waals surface area contributed by atoms with Crippen molar-refractivity contribution in [2.75, 3.05) is 70.3 Å². The van der Waals surface area contributed by atoms with Crippen LogP contribution >= 0.6 is 0 Å². The molecular formula is C24H31N7O5. The number of rotatable bonds is 4. The number of hydrogen-bond acceptors (Lipinski definition) is 8. The van der Waals surface area contributed by atoms with Crippen LogP contribution in [0.25, 0.3) is 0 Å². The Morgan fingerprint density at radius 2 is 1.58 bits per heavy atom. The number of benzene rings is 1. The molecule has 0 radical (unpaired) electrons. The zero-order valence-corrected chi connectivity index (χ0v) is 20.1. The van der Waals surface area contributed by atoms with Gasteiger partial charge in [0.2, 0.25) is 11.8 Å². The Labute approximate surface area is 208 Å². The summed E-state index contributed by atoms with van der Waals surface area (Å²) in [4.78, 5) is 72.4. The zero-order valence-electron chi connectivity index (χ0n) is 20.1. The van der Waals surface area contributed by atoms with E-state index in [0.29, 0.717) is 51.5 Å². The fraction of sp³-hybridized carbons (Fsp3) is 0.542.